The van der Waals surface area contributed by atoms with Gasteiger partial charge in [-0.1, -0.05) is 56.1 Å². The first-order chi connectivity index (χ1) is 17.4. The standard InChI is InChI=1S/C28H35Cl2N3O4/c1-28(2,3)20-7-9-24(10-8-20)33(27(37)32-23-15-21(29)14-22(30)16-23)17-18-5-4-6-19(13-18)26(36)31-12-11-25(34)35/h4-6,13-16,20,24H,7-12,17H2,1-3H3,(H,31,36)(H,32,37)(H,34,35). The minimum atomic E-state index is -0.974. The summed E-state index contributed by atoms with van der Waals surface area (Å²) >= 11 is 12.3. The Kier molecular flexibility index (Phi) is 9.85. The van der Waals surface area contributed by atoms with E-state index >= 15 is 0 Å². The van der Waals surface area contributed by atoms with Crippen molar-refractivity contribution in [2.24, 2.45) is 11.3 Å². The number of benzene rings is 2. The van der Waals surface area contributed by atoms with Gasteiger partial charge in [0.15, 0.2) is 0 Å². The number of nitrogens with one attached hydrogen (secondary N) is 2. The summed E-state index contributed by atoms with van der Waals surface area (Å²) in [6, 6.07) is 11.8. The highest BCUT2D eigenvalue weighted by Gasteiger charge is 2.33. The van der Waals surface area contributed by atoms with Crippen LogP contribution in [0.3, 0.4) is 0 Å². The highest BCUT2D eigenvalue weighted by atomic mass is 35.5. The molecule has 0 saturated heterocycles. The number of nitrogens with zero attached hydrogens (tertiary/aromatic N) is 1. The Morgan fingerprint density at radius 1 is 1.00 bits per heavy atom. The molecule has 0 bridgehead atoms. The second kappa shape index (κ2) is 12.7. The van der Waals surface area contributed by atoms with E-state index < -0.39 is 5.97 Å². The molecular weight excluding hydrogens is 513 g/mol. The molecule has 0 atom stereocenters. The molecule has 2 aromatic rings. The molecule has 0 radical (unpaired) electrons. The molecule has 0 aliphatic heterocycles. The van der Waals surface area contributed by atoms with Gasteiger partial charge in [-0.15, -0.1) is 0 Å². The van der Waals surface area contributed by atoms with Crippen LogP contribution in [0.15, 0.2) is 42.5 Å². The van der Waals surface area contributed by atoms with E-state index in [0.29, 0.717) is 33.8 Å². The van der Waals surface area contributed by atoms with Gasteiger partial charge >= 0.3 is 12.0 Å². The predicted octanol–water partition coefficient (Wildman–Crippen LogP) is 6.84. The number of carboxylic acids is 1. The highest BCUT2D eigenvalue weighted by Crippen LogP contribution is 2.39. The first kappa shape index (κ1) is 28.8. The minimum Gasteiger partial charge on any atom is -0.481 e. The van der Waals surface area contributed by atoms with E-state index in [1.807, 2.05) is 11.0 Å². The van der Waals surface area contributed by atoms with E-state index in [1.165, 1.54) is 0 Å². The molecule has 9 heteroatoms. The third-order valence-electron chi connectivity index (χ3n) is 6.90. The van der Waals surface area contributed by atoms with Crippen LogP contribution in [0.1, 0.15) is 68.8 Å². The second-order valence-corrected chi connectivity index (χ2v) is 11.6. The number of amides is 3. The zero-order valence-corrected chi connectivity index (χ0v) is 23.0. The van der Waals surface area contributed by atoms with E-state index in [0.717, 1.165) is 31.2 Å². The summed E-state index contributed by atoms with van der Waals surface area (Å²) in [5, 5.41) is 15.2. The topological polar surface area (TPSA) is 98.7 Å². The Morgan fingerprint density at radius 2 is 1.65 bits per heavy atom. The zero-order chi connectivity index (χ0) is 27.2. The molecule has 1 aliphatic carbocycles. The van der Waals surface area contributed by atoms with Crippen molar-refractivity contribution >= 4 is 46.8 Å². The molecule has 0 unspecified atom stereocenters. The van der Waals surface area contributed by atoms with Gasteiger partial charge in [0.25, 0.3) is 5.91 Å². The van der Waals surface area contributed by atoms with Gasteiger partial charge in [-0.25, -0.2) is 4.79 Å². The first-order valence-corrected chi connectivity index (χ1v) is 13.3. The van der Waals surface area contributed by atoms with Crippen LogP contribution in [-0.2, 0) is 11.3 Å². The lowest BCUT2D eigenvalue weighted by atomic mass is 9.71. The molecule has 7 nitrogen and oxygen atoms in total. The molecular formula is C28H35Cl2N3O4. The molecule has 2 aromatic carbocycles. The number of halogens is 2. The summed E-state index contributed by atoms with van der Waals surface area (Å²) in [6.07, 6.45) is 3.70. The van der Waals surface area contributed by atoms with Crippen LogP contribution in [0.2, 0.25) is 10.0 Å². The largest absolute Gasteiger partial charge is 0.481 e. The number of urea groups is 1. The van der Waals surface area contributed by atoms with Gasteiger partial charge in [0.05, 0.1) is 6.42 Å². The smallest absolute Gasteiger partial charge is 0.322 e. The number of rotatable bonds is 8. The van der Waals surface area contributed by atoms with Gasteiger partial charge < -0.3 is 20.6 Å². The van der Waals surface area contributed by atoms with Gasteiger partial charge in [0.2, 0.25) is 0 Å². The molecule has 0 aromatic heterocycles. The Labute approximate surface area is 228 Å². The van der Waals surface area contributed by atoms with Crippen molar-refractivity contribution in [1.29, 1.82) is 0 Å². The van der Waals surface area contributed by atoms with Crippen molar-refractivity contribution in [2.45, 2.75) is 65.5 Å². The zero-order valence-electron chi connectivity index (χ0n) is 21.5. The van der Waals surface area contributed by atoms with Crippen molar-refractivity contribution < 1.29 is 19.5 Å². The monoisotopic (exact) mass is 547 g/mol. The van der Waals surface area contributed by atoms with Gasteiger partial charge in [-0.2, -0.15) is 0 Å². The van der Waals surface area contributed by atoms with Crippen molar-refractivity contribution in [3.63, 3.8) is 0 Å². The SMILES string of the molecule is CC(C)(C)C1CCC(N(Cc2cccc(C(=O)NCCC(=O)O)c2)C(=O)Nc2cc(Cl)cc(Cl)c2)CC1. The second-order valence-electron chi connectivity index (χ2n) is 10.7. The van der Waals surface area contributed by atoms with Crippen LogP contribution in [0.25, 0.3) is 0 Å². The number of hydrogen-bond donors (Lipinski definition) is 3. The van der Waals surface area contributed by atoms with Crippen molar-refractivity contribution in [2.75, 3.05) is 11.9 Å². The predicted molar refractivity (Wildman–Crippen MR) is 147 cm³/mol. The third kappa shape index (κ3) is 8.64. The summed E-state index contributed by atoms with van der Waals surface area (Å²) in [5.41, 5.74) is 1.96. The van der Waals surface area contributed by atoms with Crippen molar-refractivity contribution in [1.82, 2.24) is 10.2 Å². The van der Waals surface area contributed by atoms with Crippen LogP contribution in [0.4, 0.5) is 10.5 Å². The average molecular weight is 549 g/mol. The van der Waals surface area contributed by atoms with Gasteiger partial charge in [-0.05, 0) is 72.9 Å². The highest BCUT2D eigenvalue weighted by molar-refractivity contribution is 6.35. The fraction of sp³-hybridized carbons (Fsp3) is 0.464. The Balaban J connectivity index is 1.79. The summed E-state index contributed by atoms with van der Waals surface area (Å²) in [5.74, 6) is -0.727. The van der Waals surface area contributed by atoms with Gasteiger partial charge in [-0.3, -0.25) is 9.59 Å². The van der Waals surface area contributed by atoms with Crippen molar-refractivity contribution in [3.05, 3.63) is 63.6 Å². The molecule has 1 fully saturated rings. The van der Waals surface area contributed by atoms with Crippen LogP contribution in [0.5, 0.6) is 0 Å². The van der Waals surface area contributed by atoms with E-state index in [2.05, 4.69) is 31.4 Å². The molecule has 0 spiro atoms. The number of aliphatic carboxylic acids is 1. The molecule has 1 aliphatic rings. The number of carbonyl (C=O) groups is 3. The van der Waals surface area contributed by atoms with Gasteiger partial charge in [0.1, 0.15) is 0 Å². The first-order valence-electron chi connectivity index (χ1n) is 12.5. The number of anilines is 1. The summed E-state index contributed by atoms with van der Waals surface area (Å²) in [4.78, 5) is 38.6. The maximum absolute atomic E-state index is 13.5. The normalized spacial score (nSPS) is 17.6. The summed E-state index contributed by atoms with van der Waals surface area (Å²) in [7, 11) is 0. The lowest BCUT2D eigenvalue weighted by molar-refractivity contribution is -0.136. The molecule has 3 N–H and O–H groups in total. The average Bonchev–Trinajstić information content (AvgIpc) is 2.81. The quantitative estimate of drug-likeness (QED) is 0.337. The molecule has 37 heavy (non-hydrogen) atoms. The summed E-state index contributed by atoms with van der Waals surface area (Å²) in [6.45, 7) is 7.16. The number of hydrogen-bond acceptors (Lipinski definition) is 3. The number of carbonyl (C=O) groups excluding carboxylic acids is 2. The fourth-order valence-corrected chi connectivity index (χ4v) is 5.36. The lowest BCUT2D eigenvalue weighted by Gasteiger charge is -2.41. The van der Waals surface area contributed by atoms with Crippen molar-refractivity contribution in [3.8, 4) is 0 Å². The summed E-state index contributed by atoms with van der Waals surface area (Å²) < 4.78 is 0. The molecule has 3 amide bonds. The maximum Gasteiger partial charge on any atom is 0.322 e. The van der Waals surface area contributed by atoms with E-state index in [9.17, 15) is 14.4 Å². The van der Waals surface area contributed by atoms with E-state index in [4.69, 9.17) is 28.3 Å². The van der Waals surface area contributed by atoms with Crippen LogP contribution in [-0.4, -0.2) is 40.5 Å². The molecule has 3 rings (SSSR count). The third-order valence-corrected chi connectivity index (χ3v) is 7.34. The van der Waals surface area contributed by atoms with Crippen LogP contribution in [0, 0.1) is 11.3 Å². The minimum absolute atomic E-state index is 0.0429. The molecule has 0 heterocycles. The van der Waals surface area contributed by atoms with E-state index in [1.54, 1.807) is 36.4 Å². The number of carboxylic acid groups (broad SMARTS) is 1. The Bertz CT molecular complexity index is 1100. The van der Waals surface area contributed by atoms with Gasteiger partial charge in [0, 0.05) is 40.4 Å². The Morgan fingerprint density at radius 3 is 2.24 bits per heavy atom. The van der Waals surface area contributed by atoms with Crippen LogP contribution < -0.4 is 10.6 Å². The fourth-order valence-electron chi connectivity index (χ4n) is 4.83. The molecule has 1 saturated carbocycles. The van der Waals surface area contributed by atoms with Crippen LogP contribution >= 0.6 is 23.2 Å². The van der Waals surface area contributed by atoms with E-state index in [-0.39, 0.29) is 36.4 Å². The Hall–Kier alpha value is -2.77. The maximum atomic E-state index is 13.5. The lowest BCUT2D eigenvalue weighted by Crippen LogP contribution is -2.45. The molecule has 200 valence electrons.